The summed E-state index contributed by atoms with van der Waals surface area (Å²) in [7, 11) is 0. The highest BCUT2D eigenvalue weighted by atomic mass is 16.2. The van der Waals surface area contributed by atoms with Gasteiger partial charge < -0.3 is 0 Å². The largest absolute Gasteiger partial charge is 0.286 e. The molecule has 2 rings (SSSR count). The van der Waals surface area contributed by atoms with Crippen LogP contribution in [0, 0.1) is 0 Å². The van der Waals surface area contributed by atoms with Crippen molar-refractivity contribution in [2.75, 3.05) is 0 Å². The molecule has 0 radical (unpaired) electrons. The Balaban J connectivity index is 0.000000337. The lowest BCUT2D eigenvalue weighted by atomic mass is 9.96. The minimum atomic E-state index is -0.436. The normalized spacial score (nSPS) is 12.9. The first-order valence-electron chi connectivity index (χ1n) is 5.06. The van der Waals surface area contributed by atoms with Gasteiger partial charge in [-0.25, -0.2) is 0 Å². The fraction of sp³-hybridized carbons (Fsp3) is 0.231. The van der Waals surface area contributed by atoms with E-state index in [4.69, 9.17) is 0 Å². The molecule has 0 bridgehead atoms. The van der Waals surface area contributed by atoms with Crippen LogP contribution in [-0.2, 0) is 4.79 Å². The van der Waals surface area contributed by atoms with Crippen LogP contribution < -0.4 is 0 Å². The van der Waals surface area contributed by atoms with Gasteiger partial charge in [-0.1, -0.05) is 50.6 Å². The summed E-state index contributed by atoms with van der Waals surface area (Å²) in [6.45, 7) is 4.25. The average Bonchev–Trinajstić information content (AvgIpc) is 2.25. The van der Waals surface area contributed by atoms with Crippen LogP contribution in [-0.4, -0.2) is 11.6 Å². The minimum absolute atomic E-state index is 0.409. The van der Waals surface area contributed by atoms with Crippen LogP contribution in [0.5, 0.6) is 0 Å². The van der Waals surface area contributed by atoms with E-state index in [1.807, 2.05) is 12.1 Å². The molecule has 1 aliphatic rings. The van der Waals surface area contributed by atoms with Gasteiger partial charge in [0.1, 0.15) is 0 Å². The second-order valence-electron chi connectivity index (χ2n) is 3.32. The standard InChI is InChI=1S/C10H6O2.C3H8/c11-9-6-5-7-3-1-2-4-8(7)10(9)12;1-3-2/h1-6H;3H2,1-2H3. The lowest BCUT2D eigenvalue weighted by Gasteiger charge is -2.06. The van der Waals surface area contributed by atoms with Gasteiger partial charge in [-0.05, 0) is 11.6 Å². The predicted molar refractivity (Wildman–Crippen MR) is 60.8 cm³/mol. The van der Waals surface area contributed by atoms with E-state index in [9.17, 15) is 9.59 Å². The molecule has 0 spiro atoms. The summed E-state index contributed by atoms with van der Waals surface area (Å²) in [6.07, 6.45) is 4.23. The Hall–Kier alpha value is -1.70. The molecule has 15 heavy (non-hydrogen) atoms. The molecule has 1 aliphatic carbocycles. The number of carbonyl (C=O) groups excluding carboxylic acids is 2. The van der Waals surface area contributed by atoms with Crippen molar-refractivity contribution in [2.45, 2.75) is 20.3 Å². The van der Waals surface area contributed by atoms with Crippen molar-refractivity contribution >= 4 is 17.6 Å². The zero-order valence-electron chi connectivity index (χ0n) is 8.99. The first kappa shape index (κ1) is 11.4. The molecule has 2 nitrogen and oxygen atoms in total. The molecule has 0 heterocycles. The molecular formula is C13H14O2. The van der Waals surface area contributed by atoms with Crippen molar-refractivity contribution in [1.82, 2.24) is 0 Å². The lowest BCUT2D eigenvalue weighted by molar-refractivity contribution is -0.110. The zero-order chi connectivity index (χ0) is 11.3. The fourth-order valence-electron chi connectivity index (χ4n) is 1.22. The summed E-state index contributed by atoms with van der Waals surface area (Å²) in [4.78, 5) is 22.1. The molecule has 1 aromatic rings. The molecule has 2 heteroatoms. The second kappa shape index (κ2) is 5.25. The van der Waals surface area contributed by atoms with E-state index in [0.29, 0.717) is 5.56 Å². The SMILES string of the molecule is CCC.O=C1C=Cc2ccccc2C1=O. The van der Waals surface area contributed by atoms with Crippen molar-refractivity contribution in [3.05, 3.63) is 41.5 Å². The molecule has 0 N–H and O–H groups in total. The van der Waals surface area contributed by atoms with E-state index in [0.717, 1.165) is 5.56 Å². The first-order chi connectivity index (χ1) is 7.20. The molecule has 0 fully saturated rings. The smallest absolute Gasteiger partial charge is 0.233 e. The van der Waals surface area contributed by atoms with Gasteiger partial charge >= 0.3 is 0 Å². The van der Waals surface area contributed by atoms with Crippen molar-refractivity contribution in [3.63, 3.8) is 0 Å². The molecule has 0 saturated heterocycles. The first-order valence-corrected chi connectivity index (χ1v) is 5.06. The summed E-state index contributed by atoms with van der Waals surface area (Å²) in [6, 6.07) is 7.07. The molecule has 0 atom stereocenters. The quantitative estimate of drug-likeness (QED) is 0.606. The molecule has 0 amide bonds. The fourth-order valence-corrected chi connectivity index (χ4v) is 1.22. The molecule has 0 aromatic heterocycles. The van der Waals surface area contributed by atoms with E-state index in [1.54, 1.807) is 18.2 Å². The van der Waals surface area contributed by atoms with Gasteiger partial charge in [0.05, 0.1) is 0 Å². The number of ketones is 2. The molecule has 0 aliphatic heterocycles. The molecule has 1 aromatic carbocycles. The van der Waals surface area contributed by atoms with Crippen LogP contribution in [0.2, 0.25) is 0 Å². The van der Waals surface area contributed by atoms with Crippen LogP contribution in [0.1, 0.15) is 36.2 Å². The number of allylic oxidation sites excluding steroid dienone is 1. The van der Waals surface area contributed by atoms with Crippen molar-refractivity contribution < 1.29 is 9.59 Å². The highest BCUT2D eigenvalue weighted by Crippen LogP contribution is 2.16. The minimum Gasteiger partial charge on any atom is -0.286 e. The molecule has 0 unspecified atom stereocenters. The summed E-state index contributed by atoms with van der Waals surface area (Å²) in [5, 5.41) is 0. The maximum absolute atomic E-state index is 11.2. The summed E-state index contributed by atoms with van der Waals surface area (Å²) < 4.78 is 0. The number of hydrogen-bond donors (Lipinski definition) is 0. The van der Waals surface area contributed by atoms with E-state index < -0.39 is 11.6 Å². The highest BCUT2D eigenvalue weighted by Gasteiger charge is 2.19. The van der Waals surface area contributed by atoms with E-state index in [-0.39, 0.29) is 0 Å². The van der Waals surface area contributed by atoms with E-state index in [2.05, 4.69) is 13.8 Å². The summed E-state index contributed by atoms with van der Waals surface area (Å²) >= 11 is 0. The number of benzene rings is 1. The number of rotatable bonds is 0. The van der Waals surface area contributed by atoms with Gasteiger partial charge in [-0.15, -0.1) is 0 Å². The topological polar surface area (TPSA) is 34.1 Å². The Bertz CT molecular complexity index is 403. The van der Waals surface area contributed by atoms with Crippen LogP contribution in [0.4, 0.5) is 0 Å². The van der Waals surface area contributed by atoms with E-state index >= 15 is 0 Å². The number of carbonyl (C=O) groups is 2. The van der Waals surface area contributed by atoms with Crippen molar-refractivity contribution in [2.24, 2.45) is 0 Å². The maximum Gasteiger partial charge on any atom is 0.233 e. The average molecular weight is 202 g/mol. The zero-order valence-corrected chi connectivity index (χ0v) is 8.99. The Morgan fingerprint density at radius 2 is 1.60 bits per heavy atom. The predicted octanol–water partition coefficient (Wildman–Crippen LogP) is 2.88. The highest BCUT2D eigenvalue weighted by molar-refractivity contribution is 6.49. The summed E-state index contributed by atoms with van der Waals surface area (Å²) in [5.41, 5.74) is 1.33. The van der Waals surface area contributed by atoms with Crippen molar-refractivity contribution in [3.8, 4) is 0 Å². The Morgan fingerprint density at radius 1 is 1.00 bits per heavy atom. The number of Topliss-reactive ketones (excluding diaryl/α,β-unsaturated/α-hetero) is 1. The number of fused-ring (bicyclic) bond motifs is 1. The van der Waals surface area contributed by atoms with Crippen LogP contribution >= 0.6 is 0 Å². The third-order valence-electron chi connectivity index (χ3n) is 1.84. The van der Waals surface area contributed by atoms with Gasteiger partial charge in [0.2, 0.25) is 11.6 Å². The number of hydrogen-bond acceptors (Lipinski definition) is 2. The monoisotopic (exact) mass is 202 g/mol. The summed E-state index contributed by atoms with van der Waals surface area (Å²) in [5.74, 6) is -0.846. The molecule has 78 valence electrons. The Kier molecular flexibility index (Phi) is 3.98. The van der Waals surface area contributed by atoms with Crippen molar-refractivity contribution in [1.29, 1.82) is 0 Å². The molecular weight excluding hydrogens is 188 g/mol. The van der Waals surface area contributed by atoms with Crippen LogP contribution in [0.3, 0.4) is 0 Å². The Morgan fingerprint density at radius 3 is 2.27 bits per heavy atom. The van der Waals surface area contributed by atoms with Gasteiger partial charge in [0, 0.05) is 5.56 Å². The maximum atomic E-state index is 11.2. The van der Waals surface area contributed by atoms with E-state index in [1.165, 1.54) is 12.5 Å². The van der Waals surface area contributed by atoms with Gasteiger partial charge in [-0.2, -0.15) is 0 Å². The molecule has 0 saturated carbocycles. The van der Waals surface area contributed by atoms with Gasteiger partial charge in [-0.3, -0.25) is 9.59 Å². The van der Waals surface area contributed by atoms with Crippen LogP contribution in [0.25, 0.3) is 6.08 Å². The third kappa shape index (κ3) is 2.62. The lowest BCUT2D eigenvalue weighted by Crippen LogP contribution is -2.15. The Labute approximate surface area is 89.6 Å². The third-order valence-corrected chi connectivity index (χ3v) is 1.84. The second-order valence-corrected chi connectivity index (χ2v) is 3.32. The van der Waals surface area contributed by atoms with Gasteiger partial charge in [0.15, 0.2) is 0 Å². The van der Waals surface area contributed by atoms with Gasteiger partial charge in [0.25, 0.3) is 0 Å². The van der Waals surface area contributed by atoms with Crippen LogP contribution in [0.15, 0.2) is 30.3 Å².